The van der Waals surface area contributed by atoms with Crippen LogP contribution in [0, 0.1) is 0 Å². The second-order valence-electron chi connectivity index (χ2n) is 5.17. The fraction of sp³-hybridized carbons (Fsp3) is 0.600. The molecule has 0 saturated carbocycles. The lowest BCUT2D eigenvalue weighted by molar-refractivity contribution is 0.267. The van der Waals surface area contributed by atoms with E-state index in [0.717, 1.165) is 11.6 Å². The summed E-state index contributed by atoms with van der Waals surface area (Å²) in [6.45, 7) is 4.13. The van der Waals surface area contributed by atoms with Crippen LogP contribution in [0.1, 0.15) is 37.2 Å². The monoisotopic (exact) mass is 266 g/mol. The number of hydrogen-bond donors (Lipinski definition) is 1. The van der Waals surface area contributed by atoms with Crippen molar-refractivity contribution in [2.24, 2.45) is 5.73 Å². The van der Waals surface area contributed by atoms with E-state index in [4.69, 9.17) is 17.3 Å². The highest BCUT2D eigenvalue weighted by molar-refractivity contribution is 6.31. The van der Waals surface area contributed by atoms with Gasteiger partial charge in [-0.2, -0.15) is 0 Å². The molecule has 100 valence electrons. The van der Waals surface area contributed by atoms with Crippen LogP contribution in [0.15, 0.2) is 24.3 Å². The van der Waals surface area contributed by atoms with Crippen molar-refractivity contribution in [2.75, 3.05) is 26.2 Å². The number of nitrogens with two attached hydrogens (primary N) is 1. The van der Waals surface area contributed by atoms with E-state index in [9.17, 15) is 0 Å². The van der Waals surface area contributed by atoms with Crippen LogP contribution in [0.5, 0.6) is 0 Å². The van der Waals surface area contributed by atoms with E-state index >= 15 is 0 Å². The molecule has 0 radical (unpaired) electrons. The van der Waals surface area contributed by atoms with E-state index in [1.165, 1.54) is 44.3 Å². The molecule has 1 heterocycles. The predicted molar refractivity (Wildman–Crippen MR) is 78.2 cm³/mol. The van der Waals surface area contributed by atoms with Gasteiger partial charge in [0, 0.05) is 24.0 Å². The van der Waals surface area contributed by atoms with Gasteiger partial charge in [0.2, 0.25) is 0 Å². The van der Waals surface area contributed by atoms with Crippen LogP contribution in [-0.2, 0) is 0 Å². The lowest BCUT2D eigenvalue weighted by atomic mass is 9.98. The first-order valence-electron chi connectivity index (χ1n) is 6.98. The smallest absolute Gasteiger partial charge is 0.0441 e. The molecule has 1 aromatic rings. The van der Waals surface area contributed by atoms with E-state index < -0.39 is 0 Å². The quantitative estimate of drug-likeness (QED) is 0.906. The number of halogens is 1. The second-order valence-corrected chi connectivity index (χ2v) is 5.58. The summed E-state index contributed by atoms with van der Waals surface area (Å²) in [7, 11) is 0. The minimum atomic E-state index is 0.358. The second kappa shape index (κ2) is 7.13. The summed E-state index contributed by atoms with van der Waals surface area (Å²) < 4.78 is 0. The topological polar surface area (TPSA) is 29.3 Å². The third-order valence-corrected chi connectivity index (χ3v) is 4.15. The van der Waals surface area contributed by atoms with Gasteiger partial charge in [0.15, 0.2) is 0 Å². The van der Waals surface area contributed by atoms with E-state index in [0.29, 0.717) is 12.5 Å². The van der Waals surface area contributed by atoms with Crippen molar-refractivity contribution in [3.8, 4) is 0 Å². The van der Waals surface area contributed by atoms with Crippen molar-refractivity contribution in [2.45, 2.75) is 31.6 Å². The van der Waals surface area contributed by atoms with Gasteiger partial charge in [-0.15, -0.1) is 0 Å². The Morgan fingerprint density at radius 3 is 2.39 bits per heavy atom. The fourth-order valence-electron chi connectivity index (χ4n) is 2.74. The number of nitrogens with zero attached hydrogens (tertiary/aromatic N) is 1. The summed E-state index contributed by atoms with van der Waals surface area (Å²) in [5.41, 5.74) is 7.14. The van der Waals surface area contributed by atoms with Gasteiger partial charge in [-0.3, -0.25) is 0 Å². The standard InChI is InChI=1S/C15H23ClN2/c16-15-8-4-3-7-14(15)13(11-17)12-18-9-5-1-2-6-10-18/h3-4,7-8,13H,1-2,5-6,9-12,17H2. The van der Waals surface area contributed by atoms with Gasteiger partial charge in [-0.05, 0) is 37.6 Å². The van der Waals surface area contributed by atoms with Crippen LogP contribution in [0.3, 0.4) is 0 Å². The highest BCUT2D eigenvalue weighted by Crippen LogP contribution is 2.25. The van der Waals surface area contributed by atoms with Crippen LogP contribution in [0.4, 0.5) is 0 Å². The van der Waals surface area contributed by atoms with Crippen molar-refractivity contribution in [1.29, 1.82) is 0 Å². The lowest BCUT2D eigenvalue weighted by Crippen LogP contribution is -2.32. The predicted octanol–water partition coefficient (Wildman–Crippen LogP) is 3.26. The Morgan fingerprint density at radius 2 is 1.78 bits per heavy atom. The van der Waals surface area contributed by atoms with Crippen molar-refractivity contribution in [3.05, 3.63) is 34.9 Å². The summed E-state index contributed by atoms with van der Waals surface area (Å²) in [4.78, 5) is 2.55. The lowest BCUT2D eigenvalue weighted by Gasteiger charge is -2.26. The first-order valence-corrected chi connectivity index (χ1v) is 7.36. The molecule has 3 heteroatoms. The molecule has 1 aliphatic heterocycles. The Bertz CT molecular complexity index is 359. The molecule has 1 aromatic carbocycles. The third kappa shape index (κ3) is 3.71. The van der Waals surface area contributed by atoms with E-state index in [-0.39, 0.29) is 0 Å². The normalized spacial score (nSPS) is 19.4. The molecule has 0 aromatic heterocycles. The van der Waals surface area contributed by atoms with Gasteiger partial charge in [-0.1, -0.05) is 42.6 Å². The minimum Gasteiger partial charge on any atom is -0.330 e. The number of hydrogen-bond acceptors (Lipinski definition) is 2. The summed E-state index contributed by atoms with van der Waals surface area (Å²) in [5, 5.41) is 0.850. The van der Waals surface area contributed by atoms with E-state index in [1.807, 2.05) is 18.2 Å². The molecular formula is C15H23ClN2. The summed E-state index contributed by atoms with van der Waals surface area (Å²) in [6.07, 6.45) is 5.38. The van der Waals surface area contributed by atoms with Gasteiger partial charge < -0.3 is 10.6 Å². The van der Waals surface area contributed by atoms with Gasteiger partial charge in [0.05, 0.1) is 0 Å². The van der Waals surface area contributed by atoms with Gasteiger partial charge in [-0.25, -0.2) is 0 Å². The molecule has 2 N–H and O–H groups in total. The van der Waals surface area contributed by atoms with Crippen LogP contribution in [0.25, 0.3) is 0 Å². The maximum absolute atomic E-state index is 6.27. The molecule has 0 spiro atoms. The molecule has 1 aliphatic rings. The van der Waals surface area contributed by atoms with Gasteiger partial charge in [0.1, 0.15) is 0 Å². The fourth-order valence-corrected chi connectivity index (χ4v) is 3.03. The maximum atomic E-state index is 6.27. The summed E-state index contributed by atoms with van der Waals surface area (Å²) in [6, 6.07) is 8.09. The molecule has 0 amide bonds. The van der Waals surface area contributed by atoms with Gasteiger partial charge in [0.25, 0.3) is 0 Å². The Kier molecular flexibility index (Phi) is 5.48. The average molecular weight is 267 g/mol. The Hall–Kier alpha value is -0.570. The van der Waals surface area contributed by atoms with E-state index in [2.05, 4.69) is 11.0 Å². The highest BCUT2D eigenvalue weighted by atomic mass is 35.5. The SMILES string of the molecule is NCC(CN1CCCCCC1)c1ccccc1Cl. The Labute approximate surface area is 115 Å². The molecule has 1 atom stereocenters. The third-order valence-electron chi connectivity index (χ3n) is 3.81. The first-order chi connectivity index (χ1) is 8.81. The van der Waals surface area contributed by atoms with Crippen molar-refractivity contribution >= 4 is 11.6 Å². The van der Waals surface area contributed by atoms with Crippen LogP contribution >= 0.6 is 11.6 Å². The number of benzene rings is 1. The molecule has 1 saturated heterocycles. The first kappa shape index (κ1) is 13.9. The van der Waals surface area contributed by atoms with E-state index in [1.54, 1.807) is 0 Å². The average Bonchev–Trinajstić information content (AvgIpc) is 2.65. The molecule has 0 bridgehead atoms. The zero-order valence-electron chi connectivity index (χ0n) is 10.9. The summed E-state index contributed by atoms with van der Waals surface area (Å²) >= 11 is 6.27. The Balaban J connectivity index is 2.02. The number of likely N-dealkylation sites (tertiary alicyclic amines) is 1. The molecule has 1 unspecified atom stereocenters. The maximum Gasteiger partial charge on any atom is 0.0441 e. The van der Waals surface area contributed by atoms with Crippen molar-refractivity contribution < 1.29 is 0 Å². The van der Waals surface area contributed by atoms with Gasteiger partial charge >= 0.3 is 0 Å². The van der Waals surface area contributed by atoms with Crippen LogP contribution in [0.2, 0.25) is 5.02 Å². The highest BCUT2D eigenvalue weighted by Gasteiger charge is 2.17. The largest absolute Gasteiger partial charge is 0.330 e. The molecule has 1 fully saturated rings. The zero-order valence-corrected chi connectivity index (χ0v) is 11.7. The number of rotatable bonds is 4. The summed E-state index contributed by atoms with van der Waals surface area (Å²) in [5.74, 6) is 0.358. The van der Waals surface area contributed by atoms with Crippen molar-refractivity contribution in [1.82, 2.24) is 4.90 Å². The molecule has 2 rings (SSSR count). The minimum absolute atomic E-state index is 0.358. The molecule has 18 heavy (non-hydrogen) atoms. The zero-order chi connectivity index (χ0) is 12.8. The molecular weight excluding hydrogens is 244 g/mol. The van der Waals surface area contributed by atoms with Crippen molar-refractivity contribution in [3.63, 3.8) is 0 Å². The molecule has 2 nitrogen and oxygen atoms in total. The molecule has 0 aliphatic carbocycles. The van der Waals surface area contributed by atoms with Crippen LogP contribution < -0.4 is 5.73 Å². The Morgan fingerprint density at radius 1 is 1.11 bits per heavy atom. The van der Waals surface area contributed by atoms with Crippen LogP contribution in [-0.4, -0.2) is 31.1 Å².